The summed E-state index contributed by atoms with van der Waals surface area (Å²) in [6.45, 7) is 2.08. The quantitative estimate of drug-likeness (QED) is 0.408. The number of hydrogen-bond acceptors (Lipinski definition) is 3. The van der Waals surface area contributed by atoms with E-state index >= 15 is 0 Å². The number of unbranched alkanes of at least 4 members (excludes halogenated alkanes) is 2. The molecule has 0 spiro atoms. The van der Waals surface area contributed by atoms with E-state index in [1.165, 1.54) is 0 Å². The van der Waals surface area contributed by atoms with Crippen molar-refractivity contribution < 1.29 is 14.9 Å². The van der Waals surface area contributed by atoms with Crippen LogP contribution in [0.1, 0.15) is 38.5 Å². The molecular formula is C14H26O3. The molecule has 0 aliphatic carbocycles. The van der Waals surface area contributed by atoms with Gasteiger partial charge in [-0.3, -0.25) is 0 Å². The zero-order valence-electron chi connectivity index (χ0n) is 10.7. The van der Waals surface area contributed by atoms with E-state index < -0.39 is 0 Å². The van der Waals surface area contributed by atoms with Gasteiger partial charge in [0.2, 0.25) is 0 Å². The molecule has 0 unspecified atom stereocenters. The molecule has 0 radical (unpaired) electrons. The van der Waals surface area contributed by atoms with Crippen molar-refractivity contribution in [1.29, 1.82) is 0 Å². The normalized spacial score (nSPS) is 11.9. The Balaban J connectivity index is 3.03. The van der Waals surface area contributed by atoms with Gasteiger partial charge in [-0.2, -0.15) is 0 Å². The number of allylic oxidation sites excluding steroid dienone is 2. The van der Waals surface area contributed by atoms with E-state index in [-0.39, 0.29) is 13.2 Å². The molecule has 0 aromatic carbocycles. The van der Waals surface area contributed by atoms with E-state index in [0.29, 0.717) is 0 Å². The molecule has 0 saturated carbocycles. The first kappa shape index (κ1) is 16.4. The number of aliphatic hydroxyl groups excluding tert-OH is 2. The van der Waals surface area contributed by atoms with Crippen LogP contribution in [-0.2, 0) is 4.74 Å². The summed E-state index contributed by atoms with van der Waals surface area (Å²) in [6.07, 6.45) is 13.8. The predicted octanol–water partition coefficient (Wildman–Crippen LogP) is 2.44. The summed E-state index contributed by atoms with van der Waals surface area (Å²) in [6, 6.07) is 0. The molecule has 17 heavy (non-hydrogen) atoms. The third-order valence-electron chi connectivity index (χ3n) is 2.24. The van der Waals surface area contributed by atoms with Crippen LogP contribution in [-0.4, -0.2) is 36.6 Å². The largest absolute Gasteiger partial charge is 0.396 e. The van der Waals surface area contributed by atoms with Gasteiger partial charge in [0.25, 0.3) is 0 Å². The van der Waals surface area contributed by atoms with Crippen LogP contribution < -0.4 is 0 Å². The maximum Gasteiger partial charge on any atom is 0.0468 e. The second-order valence-electron chi connectivity index (χ2n) is 3.86. The van der Waals surface area contributed by atoms with E-state index in [0.717, 1.165) is 51.7 Å². The topological polar surface area (TPSA) is 49.7 Å². The smallest absolute Gasteiger partial charge is 0.0468 e. The van der Waals surface area contributed by atoms with E-state index in [9.17, 15) is 0 Å². The van der Waals surface area contributed by atoms with Crippen LogP contribution in [0.3, 0.4) is 0 Å². The zero-order chi connectivity index (χ0) is 12.6. The lowest BCUT2D eigenvalue weighted by molar-refractivity contribution is 0.130. The molecule has 0 heterocycles. The van der Waals surface area contributed by atoms with Crippen LogP contribution in [0.2, 0.25) is 0 Å². The Morgan fingerprint density at radius 3 is 1.47 bits per heavy atom. The summed E-state index contributed by atoms with van der Waals surface area (Å²) in [5, 5.41) is 17.1. The van der Waals surface area contributed by atoms with Crippen LogP contribution in [0.5, 0.6) is 0 Å². The highest BCUT2D eigenvalue weighted by Gasteiger charge is 1.88. The summed E-state index contributed by atoms with van der Waals surface area (Å²) >= 11 is 0. The number of hydrogen-bond donors (Lipinski definition) is 2. The van der Waals surface area contributed by atoms with Crippen LogP contribution in [0.4, 0.5) is 0 Å². The van der Waals surface area contributed by atoms with Crippen molar-refractivity contribution in [1.82, 2.24) is 0 Å². The van der Waals surface area contributed by atoms with Crippen LogP contribution >= 0.6 is 0 Å². The zero-order valence-corrected chi connectivity index (χ0v) is 10.7. The van der Waals surface area contributed by atoms with Gasteiger partial charge in [0, 0.05) is 26.4 Å². The van der Waals surface area contributed by atoms with Crippen molar-refractivity contribution in [3.63, 3.8) is 0 Å². The summed E-state index contributed by atoms with van der Waals surface area (Å²) in [5.74, 6) is 0. The first-order chi connectivity index (χ1) is 8.41. The Bertz CT molecular complexity index is 168. The lowest BCUT2D eigenvalue weighted by atomic mass is 10.2. The monoisotopic (exact) mass is 242 g/mol. The van der Waals surface area contributed by atoms with Crippen molar-refractivity contribution in [3.05, 3.63) is 24.3 Å². The average molecular weight is 242 g/mol. The Labute approximate surface area is 105 Å². The maximum atomic E-state index is 8.55. The molecule has 0 fully saturated rings. The highest BCUT2D eigenvalue weighted by Crippen LogP contribution is 1.97. The van der Waals surface area contributed by atoms with Crippen LogP contribution in [0.25, 0.3) is 0 Å². The highest BCUT2D eigenvalue weighted by atomic mass is 16.5. The minimum absolute atomic E-state index is 0.233. The summed E-state index contributed by atoms with van der Waals surface area (Å²) in [4.78, 5) is 0. The van der Waals surface area contributed by atoms with Crippen molar-refractivity contribution in [2.45, 2.75) is 38.5 Å². The Morgan fingerprint density at radius 2 is 1.06 bits per heavy atom. The average Bonchev–Trinajstić information content (AvgIpc) is 2.35. The first-order valence-electron chi connectivity index (χ1n) is 6.51. The van der Waals surface area contributed by atoms with E-state index in [2.05, 4.69) is 12.2 Å². The van der Waals surface area contributed by atoms with Crippen LogP contribution in [0, 0.1) is 0 Å². The Hall–Kier alpha value is -0.640. The van der Waals surface area contributed by atoms with Gasteiger partial charge in [-0.1, -0.05) is 24.3 Å². The molecule has 3 nitrogen and oxygen atoms in total. The fourth-order valence-electron chi connectivity index (χ4n) is 1.33. The molecule has 0 aromatic heterocycles. The number of ether oxygens (including phenoxy) is 1. The first-order valence-corrected chi connectivity index (χ1v) is 6.51. The van der Waals surface area contributed by atoms with E-state index in [1.54, 1.807) is 0 Å². The molecule has 2 N–H and O–H groups in total. The molecular weight excluding hydrogens is 216 g/mol. The summed E-state index contributed by atoms with van der Waals surface area (Å²) < 4.78 is 5.48. The lowest BCUT2D eigenvalue weighted by Gasteiger charge is -2.01. The molecule has 0 bridgehead atoms. The van der Waals surface area contributed by atoms with Gasteiger partial charge in [-0.05, 0) is 38.5 Å². The molecule has 0 rings (SSSR count). The standard InChI is InChI=1S/C14H26O3/c15-11-7-3-1-5-9-13-17-14-10-6-2-4-8-12-16/h1-4,15-16H,5-14H2. The second-order valence-corrected chi connectivity index (χ2v) is 3.86. The van der Waals surface area contributed by atoms with E-state index in [1.807, 2.05) is 12.2 Å². The van der Waals surface area contributed by atoms with E-state index in [4.69, 9.17) is 14.9 Å². The molecule has 0 saturated heterocycles. The summed E-state index contributed by atoms with van der Waals surface area (Å²) in [5.41, 5.74) is 0. The molecule has 100 valence electrons. The van der Waals surface area contributed by atoms with Gasteiger partial charge in [0.1, 0.15) is 0 Å². The minimum atomic E-state index is 0.233. The van der Waals surface area contributed by atoms with Gasteiger partial charge in [-0.15, -0.1) is 0 Å². The molecule has 0 aliphatic heterocycles. The van der Waals surface area contributed by atoms with Gasteiger partial charge in [-0.25, -0.2) is 0 Å². The van der Waals surface area contributed by atoms with Crippen molar-refractivity contribution >= 4 is 0 Å². The SMILES string of the molecule is OCCC=CCCCOCCCC=CCCO. The number of aliphatic hydroxyl groups is 2. The minimum Gasteiger partial charge on any atom is -0.396 e. The lowest BCUT2D eigenvalue weighted by Crippen LogP contribution is -1.96. The fourth-order valence-corrected chi connectivity index (χ4v) is 1.33. The third kappa shape index (κ3) is 15.4. The maximum absolute atomic E-state index is 8.55. The molecule has 0 aliphatic rings. The second kappa shape index (κ2) is 15.4. The van der Waals surface area contributed by atoms with Crippen molar-refractivity contribution in [2.24, 2.45) is 0 Å². The van der Waals surface area contributed by atoms with Gasteiger partial charge in [0.05, 0.1) is 0 Å². The molecule has 0 atom stereocenters. The third-order valence-corrected chi connectivity index (χ3v) is 2.24. The fraction of sp³-hybridized carbons (Fsp3) is 0.714. The molecule has 0 aromatic rings. The van der Waals surface area contributed by atoms with Gasteiger partial charge in [0.15, 0.2) is 0 Å². The van der Waals surface area contributed by atoms with Crippen molar-refractivity contribution in [3.8, 4) is 0 Å². The van der Waals surface area contributed by atoms with Gasteiger partial charge < -0.3 is 14.9 Å². The Morgan fingerprint density at radius 1 is 0.647 bits per heavy atom. The Kier molecular flexibility index (Phi) is 14.8. The molecule has 0 amide bonds. The van der Waals surface area contributed by atoms with Crippen molar-refractivity contribution in [2.75, 3.05) is 26.4 Å². The highest BCUT2D eigenvalue weighted by molar-refractivity contribution is 4.81. The molecule has 3 heteroatoms. The summed E-state index contributed by atoms with van der Waals surface area (Å²) in [7, 11) is 0. The van der Waals surface area contributed by atoms with Crippen LogP contribution in [0.15, 0.2) is 24.3 Å². The predicted molar refractivity (Wildman–Crippen MR) is 71.0 cm³/mol. The number of rotatable bonds is 12. The van der Waals surface area contributed by atoms with Gasteiger partial charge >= 0.3 is 0 Å².